The molecule has 0 aliphatic heterocycles. The summed E-state index contributed by atoms with van der Waals surface area (Å²) in [5.41, 5.74) is -0.737. The van der Waals surface area contributed by atoms with E-state index in [4.69, 9.17) is 0 Å². The number of hydrogen-bond acceptors (Lipinski definition) is 2. The molecular formula is C11H21NO2. The maximum atomic E-state index is 11.2. The second kappa shape index (κ2) is 4.30. The maximum absolute atomic E-state index is 11.2. The van der Waals surface area contributed by atoms with Crippen LogP contribution in [0.3, 0.4) is 0 Å². The standard InChI is InChI=1S/C11H21NO2/c1-8(2)12-11(3,10(13)14)7-9-5-4-6-9/h8-9,12H,4-7H2,1-3H3,(H,13,14). The highest BCUT2D eigenvalue weighted by Gasteiger charge is 2.37. The van der Waals surface area contributed by atoms with E-state index in [1.165, 1.54) is 19.3 Å². The van der Waals surface area contributed by atoms with Gasteiger partial charge in [-0.05, 0) is 33.1 Å². The van der Waals surface area contributed by atoms with Gasteiger partial charge in [0.2, 0.25) is 0 Å². The predicted octanol–water partition coefficient (Wildman–Crippen LogP) is 2.02. The van der Waals surface area contributed by atoms with E-state index >= 15 is 0 Å². The molecule has 0 heterocycles. The van der Waals surface area contributed by atoms with Crippen LogP contribution in [0.25, 0.3) is 0 Å². The Morgan fingerprint density at radius 3 is 2.43 bits per heavy atom. The Morgan fingerprint density at radius 1 is 1.57 bits per heavy atom. The molecule has 0 bridgehead atoms. The van der Waals surface area contributed by atoms with Gasteiger partial charge in [0.1, 0.15) is 5.54 Å². The molecule has 2 N–H and O–H groups in total. The van der Waals surface area contributed by atoms with Crippen molar-refractivity contribution < 1.29 is 9.90 Å². The summed E-state index contributed by atoms with van der Waals surface area (Å²) in [5.74, 6) is -0.111. The van der Waals surface area contributed by atoms with Gasteiger partial charge < -0.3 is 5.11 Å². The molecule has 0 aromatic heterocycles. The third kappa shape index (κ3) is 2.71. The number of hydrogen-bond donors (Lipinski definition) is 2. The Hall–Kier alpha value is -0.570. The number of carbonyl (C=O) groups is 1. The van der Waals surface area contributed by atoms with E-state index in [0.717, 1.165) is 6.42 Å². The van der Waals surface area contributed by atoms with Crippen LogP contribution in [0.4, 0.5) is 0 Å². The van der Waals surface area contributed by atoms with E-state index in [1.54, 1.807) is 6.92 Å². The highest BCUT2D eigenvalue weighted by atomic mass is 16.4. The first kappa shape index (κ1) is 11.5. The Bertz CT molecular complexity index is 211. The minimum Gasteiger partial charge on any atom is -0.480 e. The highest BCUT2D eigenvalue weighted by molar-refractivity contribution is 5.78. The second-order valence-electron chi connectivity index (χ2n) is 4.94. The van der Waals surface area contributed by atoms with Gasteiger partial charge in [0.15, 0.2) is 0 Å². The molecule has 0 saturated heterocycles. The Kier molecular flexibility index (Phi) is 3.53. The van der Waals surface area contributed by atoms with Crippen LogP contribution in [0.1, 0.15) is 46.5 Å². The van der Waals surface area contributed by atoms with Crippen molar-refractivity contribution in [2.24, 2.45) is 5.92 Å². The molecule has 0 amide bonds. The summed E-state index contributed by atoms with van der Waals surface area (Å²) in [6.45, 7) is 5.78. The summed E-state index contributed by atoms with van der Waals surface area (Å²) in [6.07, 6.45) is 4.42. The van der Waals surface area contributed by atoms with Gasteiger partial charge in [0, 0.05) is 6.04 Å². The fourth-order valence-electron chi connectivity index (χ4n) is 2.12. The number of aliphatic carboxylic acids is 1. The highest BCUT2D eigenvalue weighted by Crippen LogP contribution is 2.33. The van der Waals surface area contributed by atoms with Gasteiger partial charge in [-0.15, -0.1) is 0 Å². The van der Waals surface area contributed by atoms with Crippen LogP contribution in [0.15, 0.2) is 0 Å². The minimum absolute atomic E-state index is 0.219. The van der Waals surface area contributed by atoms with Gasteiger partial charge in [-0.3, -0.25) is 10.1 Å². The van der Waals surface area contributed by atoms with Crippen LogP contribution < -0.4 is 5.32 Å². The molecule has 1 aliphatic carbocycles. The fourth-order valence-corrected chi connectivity index (χ4v) is 2.12. The van der Waals surface area contributed by atoms with E-state index in [0.29, 0.717) is 5.92 Å². The molecule has 0 aromatic rings. The summed E-state index contributed by atoms with van der Waals surface area (Å²) in [7, 11) is 0. The van der Waals surface area contributed by atoms with Crippen LogP contribution in [0.5, 0.6) is 0 Å². The van der Waals surface area contributed by atoms with Crippen molar-refractivity contribution in [3.8, 4) is 0 Å². The Labute approximate surface area is 85.9 Å². The average Bonchev–Trinajstić information content (AvgIpc) is 1.95. The number of nitrogens with one attached hydrogen (secondary N) is 1. The molecule has 82 valence electrons. The van der Waals surface area contributed by atoms with Gasteiger partial charge in [-0.1, -0.05) is 19.3 Å². The van der Waals surface area contributed by atoms with Crippen LogP contribution in [-0.4, -0.2) is 22.7 Å². The first-order valence-electron chi connectivity index (χ1n) is 5.45. The Morgan fingerprint density at radius 2 is 2.14 bits per heavy atom. The smallest absolute Gasteiger partial charge is 0.323 e. The molecule has 0 radical (unpaired) electrons. The summed E-state index contributed by atoms with van der Waals surface area (Å²) < 4.78 is 0. The maximum Gasteiger partial charge on any atom is 0.323 e. The van der Waals surface area contributed by atoms with E-state index in [2.05, 4.69) is 5.32 Å². The van der Waals surface area contributed by atoms with Gasteiger partial charge in [0.05, 0.1) is 0 Å². The molecular weight excluding hydrogens is 178 g/mol. The summed E-state index contributed by atoms with van der Waals surface area (Å²) >= 11 is 0. The third-order valence-electron chi connectivity index (χ3n) is 3.00. The van der Waals surface area contributed by atoms with Crippen molar-refractivity contribution in [1.82, 2.24) is 5.32 Å². The van der Waals surface area contributed by atoms with Crippen LogP contribution in [0.2, 0.25) is 0 Å². The quantitative estimate of drug-likeness (QED) is 0.712. The summed E-state index contributed by atoms with van der Waals surface area (Å²) in [5, 5.41) is 12.3. The molecule has 0 aromatic carbocycles. The average molecular weight is 199 g/mol. The lowest BCUT2D eigenvalue weighted by Gasteiger charge is -2.36. The van der Waals surface area contributed by atoms with Crippen molar-refractivity contribution in [3.63, 3.8) is 0 Å². The van der Waals surface area contributed by atoms with Crippen LogP contribution in [-0.2, 0) is 4.79 Å². The van der Waals surface area contributed by atoms with Gasteiger partial charge in [0.25, 0.3) is 0 Å². The van der Waals surface area contributed by atoms with Gasteiger partial charge in [-0.2, -0.15) is 0 Å². The van der Waals surface area contributed by atoms with Crippen molar-refractivity contribution in [2.45, 2.75) is 58.0 Å². The molecule has 0 spiro atoms. The monoisotopic (exact) mass is 199 g/mol. The molecule has 1 fully saturated rings. The van der Waals surface area contributed by atoms with Crippen molar-refractivity contribution in [1.29, 1.82) is 0 Å². The van der Waals surface area contributed by atoms with Crippen LogP contribution >= 0.6 is 0 Å². The zero-order valence-corrected chi connectivity index (χ0v) is 9.34. The van der Waals surface area contributed by atoms with Crippen molar-refractivity contribution in [2.75, 3.05) is 0 Å². The molecule has 1 saturated carbocycles. The van der Waals surface area contributed by atoms with Gasteiger partial charge in [-0.25, -0.2) is 0 Å². The first-order chi connectivity index (χ1) is 6.44. The lowest BCUT2D eigenvalue weighted by atomic mass is 9.76. The molecule has 1 atom stereocenters. The largest absolute Gasteiger partial charge is 0.480 e. The molecule has 1 unspecified atom stereocenters. The van der Waals surface area contributed by atoms with E-state index in [-0.39, 0.29) is 6.04 Å². The van der Waals surface area contributed by atoms with Gasteiger partial charge >= 0.3 is 5.97 Å². The first-order valence-corrected chi connectivity index (χ1v) is 5.45. The SMILES string of the molecule is CC(C)NC(C)(CC1CCC1)C(=O)O. The van der Waals surface area contributed by atoms with E-state index < -0.39 is 11.5 Å². The number of carboxylic acids is 1. The number of rotatable bonds is 5. The summed E-state index contributed by atoms with van der Waals surface area (Å²) in [4.78, 5) is 11.2. The molecule has 3 heteroatoms. The lowest BCUT2D eigenvalue weighted by Crippen LogP contribution is -2.53. The zero-order valence-electron chi connectivity index (χ0n) is 9.34. The van der Waals surface area contributed by atoms with Crippen LogP contribution in [0, 0.1) is 5.92 Å². The normalized spacial score (nSPS) is 21.7. The van der Waals surface area contributed by atoms with E-state index in [9.17, 15) is 9.90 Å². The van der Waals surface area contributed by atoms with Crippen molar-refractivity contribution >= 4 is 5.97 Å². The predicted molar refractivity (Wildman–Crippen MR) is 56.3 cm³/mol. The summed E-state index contributed by atoms with van der Waals surface area (Å²) in [6, 6.07) is 0.219. The topological polar surface area (TPSA) is 49.3 Å². The molecule has 1 rings (SSSR count). The van der Waals surface area contributed by atoms with E-state index in [1.807, 2.05) is 13.8 Å². The van der Waals surface area contributed by atoms with Crippen molar-refractivity contribution in [3.05, 3.63) is 0 Å². The lowest BCUT2D eigenvalue weighted by molar-refractivity contribution is -0.145. The minimum atomic E-state index is -0.737. The third-order valence-corrected chi connectivity index (χ3v) is 3.00. The Balaban J connectivity index is 2.55. The molecule has 1 aliphatic rings. The second-order valence-corrected chi connectivity index (χ2v) is 4.94. The molecule has 14 heavy (non-hydrogen) atoms. The molecule has 3 nitrogen and oxygen atoms in total. The zero-order chi connectivity index (χ0) is 10.8. The number of carboxylic acid groups (broad SMARTS) is 1. The fraction of sp³-hybridized carbons (Fsp3) is 0.909.